The van der Waals surface area contributed by atoms with Crippen molar-refractivity contribution in [2.24, 2.45) is 0 Å². The van der Waals surface area contributed by atoms with Gasteiger partial charge in [-0.3, -0.25) is 0 Å². The van der Waals surface area contributed by atoms with Crippen LogP contribution in [0.3, 0.4) is 0 Å². The molecule has 136 valence electrons. The molecule has 0 aliphatic rings. The molecule has 0 saturated carbocycles. The summed E-state index contributed by atoms with van der Waals surface area (Å²) in [5, 5.41) is 9.55. The van der Waals surface area contributed by atoms with Crippen LogP contribution in [-0.2, 0) is 0 Å². The van der Waals surface area contributed by atoms with Crippen LogP contribution in [0.25, 0.3) is 11.6 Å². The Morgan fingerprint density at radius 2 is 1.69 bits per heavy atom. The fourth-order valence-electron chi connectivity index (χ4n) is 2.20. The number of methoxy groups -OCH3 is 3. The fraction of sp³-hybridized carbons (Fsp3) is 0.294. The number of ether oxygens (including phenoxy) is 3. The fourth-order valence-corrected chi connectivity index (χ4v) is 2.20. The number of hydrogen-bond acceptors (Lipinski definition) is 9. The van der Waals surface area contributed by atoms with E-state index in [1.165, 1.54) is 21.3 Å². The third-order valence-electron chi connectivity index (χ3n) is 3.40. The van der Waals surface area contributed by atoms with Crippen molar-refractivity contribution in [2.75, 3.05) is 46.1 Å². The number of rotatable bonds is 6. The van der Waals surface area contributed by atoms with Crippen LogP contribution in [-0.4, -0.2) is 50.4 Å². The summed E-state index contributed by atoms with van der Waals surface area (Å²) in [6, 6.07) is 5.52. The first kappa shape index (κ1) is 18.8. The van der Waals surface area contributed by atoms with Crippen LogP contribution >= 0.6 is 0 Å². The van der Waals surface area contributed by atoms with Gasteiger partial charge in [0.2, 0.25) is 17.6 Å². The molecule has 1 aromatic heterocycles. The second-order valence-electron chi connectivity index (χ2n) is 5.34. The summed E-state index contributed by atoms with van der Waals surface area (Å²) in [5.74, 6) is 1.98. The van der Waals surface area contributed by atoms with Gasteiger partial charge in [-0.1, -0.05) is 0 Å². The lowest BCUT2D eigenvalue weighted by Gasteiger charge is -2.13. The lowest BCUT2D eigenvalue weighted by Crippen LogP contribution is -2.15. The van der Waals surface area contributed by atoms with E-state index in [1.54, 1.807) is 37.2 Å². The van der Waals surface area contributed by atoms with Gasteiger partial charge in [-0.05, 0) is 23.8 Å². The summed E-state index contributed by atoms with van der Waals surface area (Å²) in [6.07, 6.45) is 1.61. The lowest BCUT2D eigenvalue weighted by molar-refractivity contribution is 0.324. The summed E-state index contributed by atoms with van der Waals surface area (Å²) in [7, 11) is 8.10. The van der Waals surface area contributed by atoms with Gasteiger partial charge in [-0.25, -0.2) is 0 Å². The predicted molar refractivity (Wildman–Crippen MR) is 98.1 cm³/mol. The zero-order valence-corrected chi connectivity index (χ0v) is 15.3. The van der Waals surface area contributed by atoms with Crippen LogP contribution in [0, 0.1) is 11.3 Å². The number of nitrogens with two attached hydrogens (primary N) is 1. The topological polar surface area (TPSA) is 119 Å². The maximum absolute atomic E-state index is 9.55. The molecule has 9 nitrogen and oxygen atoms in total. The van der Waals surface area contributed by atoms with Crippen molar-refractivity contribution in [1.29, 1.82) is 5.26 Å². The van der Waals surface area contributed by atoms with E-state index >= 15 is 0 Å². The number of nitrogens with zero attached hydrogens (tertiary/aromatic N) is 5. The molecule has 9 heteroatoms. The minimum Gasteiger partial charge on any atom is -0.493 e. The summed E-state index contributed by atoms with van der Waals surface area (Å²) >= 11 is 0. The number of aromatic nitrogens is 3. The van der Waals surface area contributed by atoms with Gasteiger partial charge in [0.1, 0.15) is 6.07 Å². The third-order valence-corrected chi connectivity index (χ3v) is 3.40. The van der Waals surface area contributed by atoms with Crippen LogP contribution in [0.2, 0.25) is 0 Å². The van der Waals surface area contributed by atoms with Crippen LogP contribution in [0.5, 0.6) is 17.2 Å². The van der Waals surface area contributed by atoms with Crippen molar-refractivity contribution in [1.82, 2.24) is 15.0 Å². The molecular formula is C17H20N6O3. The SMILES string of the molecule is COc1cc(/C=C(\C#N)c2nc(N)nc(N(C)C)n2)cc(OC)c1OC. The van der Waals surface area contributed by atoms with Gasteiger partial charge in [0, 0.05) is 14.1 Å². The van der Waals surface area contributed by atoms with Gasteiger partial charge in [-0.15, -0.1) is 0 Å². The highest BCUT2D eigenvalue weighted by Crippen LogP contribution is 2.39. The first-order chi connectivity index (χ1) is 12.4. The Morgan fingerprint density at radius 3 is 2.15 bits per heavy atom. The molecule has 1 heterocycles. The largest absolute Gasteiger partial charge is 0.493 e. The summed E-state index contributed by atoms with van der Waals surface area (Å²) < 4.78 is 15.9. The van der Waals surface area contributed by atoms with E-state index in [2.05, 4.69) is 21.0 Å². The van der Waals surface area contributed by atoms with Crippen molar-refractivity contribution < 1.29 is 14.2 Å². The molecule has 0 fully saturated rings. The Kier molecular flexibility index (Phi) is 5.80. The molecule has 2 N–H and O–H groups in total. The molecule has 0 amide bonds. The van der Waals surface area contributed by atoms with Crippen molar-refractivity contribution >= 4 is 23.5 Å². The van der Waals surface area contributed by atoms with Gasteiger partial charge in [0.05, 0.1) is 26.9 Å². The third kappa shape index (κ3) is 3.92. The Labute approximate surface area is 151 Å². The standard InChI is InChI=1S/C17H20N6O3/c1-23(2)17-21-15(20-16(19)22-17)11(9-18)6-10-7-12(24-3)14(26-5)13(8-10)25-4/h6-8H,1-5H3,(H2,19,20,21,22)/b11-6+. The van der Waals surface area contributed by atoms with E-state index in [4.69, 9.17) is 19.9 Å². The number of anilines is 2. The molecule has 0 aliphatic heterocycles. The van der Waals surface area contributed by atoms with Crippen LogP contribution < -0.4 is 24.8 Å². The van der Waals surface area contributed by atoms with E-state index in [1.807, 2.05) is 0 Å². The molecule has 0 unspecified atom stereocenters. The Balaban J connectivity index is 2.58. The number of benzene rings is 1. The summed E-state index contributed by atoms with van der Waals surface area (Å²) in [4.78, 5) is 14.0. The average molecular weight is 356 g/mol. The zero-order chi connectivity index (χ0) is 19.3. The second kappa shape index (κ2) is 8.02. The molecule has 2 rings (SSSR count). The van der Waals surface area contributed by atoms with Gasteiger partial charge in [-0.2, -0.15) is 20.2 Å². The van der Waals surface area contributed by atoms with Gasteiger partial charge >= 0.3 is 0 Å². The quantitative estimate of drug-likeness (QED) is 0.770. The van der Waals surface area contributed by atoms with Gasteiger partial charge in [0.15, 0.2) is 17.3 Å². The number of hydrogen-bond donors (Lipinski definition) is 1. The first-order valence-electron chi connectivity index (χ1n) is 7.54. The normalized spacial score (nSPS) is 10.8. The Morgan fingerprint density at radius 1 is 1.08 bits per heavy atom. The molecule has 0 spiro atoms. The molecule has 0 aliphatic carbocycles. The van der Waals surface area contributed by atoms with Gasteiger partial charge in [0.25, 0.3) is 0 Å². The highest BCUT2D eigenvalue weighted by molar-refractivity contribution is 5.88. The molecule has 2 aromatic rings. The maximum atomic E-state index is 9.55. The Hall–Kier alpha value is -3.54. The minimum absolute atomic E-state index is 0.0322. The molecule has 1 aromatic carbocycles. The van der Waals surface area contributed by atoms with Crippen molar-refractivity contribution in [3.63, 3.8) is 0 Å². The van der Waals surface area contributed by atoms with Crippen molar-refractivity contribution in [2.45, 2.75) is 0 Å². The molecule has 0 radical (unpaired) electrons. The number of nitrogen functional groups attached to an aromatic ring is 1. The average Bonchev–Trinajstić information content (AvgIpc) is 2.64. The highest BCUT2D eigenvalue weighted by Gasteiger charge is 2.15. The zero-order valence-electron chi connectivity index (χ0n) is 15.3. The summed E-state index contributed by atoms with van der Waals surface area (Å²) in [5.41, 5.74) is 6.60. The predicted octanol–water partition coefficient (Wildman–Crippen LogP) is 1.61. The second-order valence-corrected chi connectivity index (χ2v) is 5.34. The van der Waals surface area contributed by atoms with E-state index in [0.29, 0.717) is 28.8 Å². The smallest absolute Gasteiger partial charge is 0.230 e. The van der Waals surface area contributed by atoms with Crippen LogP contribution in [0.1, 0.15) is 11.4 Å². The van der Waals surface area contributed by atoms with Crippen molar-refractivity contribution in [3.8, 4) is 23.3 Å². The monoisotopic (exact) mass is 356 g/mol. The van der Waals surface area contributed by atoms with Gasteiger partial charge < -0.3 is 24.8 Å². The van der Waals surface area contributed by atoms with E-state index in [-0.39, 0.29) is 17.3 Å². The van der Waals surface area contributed by atoms with E-state index in [9.17, 15) is 5.26 Å². The Bertz CT molecular complexity index is 848. The molecular weight excluding hydrogens is 336 g/mol. The first-order valence-corrected chi connectivity index (χ1v) is 7.54. The number of nitriles is 1. The van der Waals surface area contributed by atoms with Crippen LogP contribution in [0.15, 0.2) is 12.1 Å². The van der Waals surface area contributed by atoms with Crippen molar-refractivity contribution in [3.05, 3.63) is 23.5 Å². The number of allylic oxidation sites excluding steroid dienone is 1. The molecule has 0 bridgehead atoms. The molecule has 26 heavy (non-hydrogen) atoms. The molecule has 0 saturated heterocycles. The lowest BCUT2D eigenvalue weighted by atomic mass is 10.1. The van der Waals surface area contributed by atoms with Crippen LogP contribution in [0.4, 0.5) is 11.9 Å². The molecule has 0 atom stereocenters. The van der Waals surface area contributed by atoms with E-state index in [0.717, 1.165) is 0 Å². The van der Waals surface area contributed by atoms with E-state index < -0.39 is 0 Å². The maximum Gasteiger partial charge on any atom is 0.230 e. The summed E-state index contributed by atoms with van der Waals surface area (Å²) in [6.45, 7) is 0. The minimum atomic E-state index is 0.0322. The highest BCUT2D eigenvalue weighted by atomic mass is 16.5.